The number of esters is 4. The molecule has 528 valence electrons. The van der Waals surface area contributed by atoms with Crippen LogP contribution in [0.5, 0.6) is 0 Å². The third-order valence-corrected chi connectivity index (χ3v) is 18.0. The van der Waals surface area contributed by atoms with Crippen LogP contribution in [0.3, 0.4) is 0 Å². The van der Waals surface area contributed by atoms with Gasteiger partial charge >= 0.3 is 39.5 Å². The second-order valence-electron chi connectivity index (χ2n) is 27.2. The lowest BCUT2D eigenvalue weighted by Crippen LogP contribution is -2.30. The fraction of sp³-hybridized carbons (Fsp3) is 0.943. The first kappa shape index (κ1) is 87.1. The van der Waals surface area contributed by atoms with Crippen molar-refractivity contribution in [2.75, 3.05) is 39.6 Å². The second-order valence-corrected chi connectivity index (χ2v) is 30.1. The maximum atomic E-state index is 13.0. The highest BCUT2D eigenvalue weighted by Gasteiger charge is 2.30. The van der Waals surface area contributed by atoms with Crippen LogP contribution in [0.2, 0.25) is 0 Å². The molecule has 5 atom stereocenters. The summed E-state index contributed by atoms with van der Waals surface area (Å²) in [6.45, 7) is 14.0. The summed E-state index contributed by atoms with van der Waals surface area (Å²) >= 11 is 0. The highest BCUT2D eigenvalue weighted by Crippen LogP contribution is 2.45. The van der Waals surface area contributed by atoms with Gasteiger partial charge in [-0.2, -0.15) is 0 Å². The molecule has 0 aromatic heterocycles. The molecule has 0 aliphatic heterocycles. The Hall–Kier alpha value is -1.94. The molecule has 3 N–H and O–H groups in total. The maximum Gasteiger partial charge on any atom is 0.472 e. The minimum absolute atomic E-state index is 0.103. The topological polar surface area (TPSA) is 237 Å². The molecule has 17 nitrogen and oxygen atoms in total. The van der Waals surface area contributed by atoms with E-state index in [0.717, 1.165) is 108 Å². The molecular weight excluding hydrogens is 1170 g/mol. The second kappa shape index (κ2) is 59.8. The van der Waals surface area contributed by atoms with E-state index in [1.54, 1.807) is 0 Å². The number of unbranched alkanes of at least 4 members (excludes halogenated alkanes) is 33. The van der Waals surface area contributed by atoms with Crippen LogP contribution in [0.25, 0.3) is 0 Å². The van der Waals surface area contributed by atoms with E-state index in [4.69, 9.17) is 37.0 Å². The molecular formula is C70H136O17P2. The van der Waals surface area contributed by atoms with Crippen LogP contribution < -0.4 is 0 Å². The zero-order valence-electron chi connectivity index (χ0n) is 58.1. The van der Waals surface area contributed by atoms with Crippen molar-refractivity contribution < 1.29 is 80.2 Å². The fourth-order valence-electron chi connectivity index (χ4n) is 10.5. The van der Waals surface area contributed by atoms with Gasteiger partial charge in [-0.1, -0.05) is 293 Å². The molecule has 0 saturated heterocycles. The predicted octanol–water partition coefficient (Wildman–Crippen LogP) is 19.7. The van der Waals surface area contributed by atoms with Gasteiger partial charge in [0, 0.05) is 25.7 Å². The third kappa shape index (κ3) is 64.6. The van der Waals surface area contributed by atoms with E-state index in [0.29, 0.717) is 37.5 Å². The van der Waals surface area contributed by atoms with Crippen LogP contribution >= 0.6 is 15.6 Å². The van der Waals surface area contributed by atoms with Crippen LogP contribution in [0.1, 0.15) is 344 Å². The van der Waals surface area contributed by atoms with E-state index in [1.165, 1.54) is 141 Å². The van der Waals surface area contributed by atoms with Crippen molar-refractivity contribution in [3.8, 4) is 0 Å². The number of carbonyl (C=O) groups excluding carboxylic acids is 4. The van der Waals surface area contributed by atoms with Crippen molar-refractivity contribution in [3.05, 3.63) is 0 Å². The molecule has 0 saturated carbocycles. The molecule has 89 heavy (non-hydrogen) atoms. The molecule has 0 aromatic carbocycles. The Kier molecular flexibility index (Phi) is 58.5. The molecule has 0 spiro atoms. The highest BCUT2D eigenvalue weighted by molar-refractivity contribution is 7.47. The van der Waals surface area contributed by atoms with Gasteiger partial charge < -0.3 is 33.8 Å². The Bertz CT molecular complexity index is 1760. The Labute approximate surface area is 543 Å². The third-order valence-electron chi connectivity index (χ3n) is 16.1. The van der Waals surface area contributed by atoms with Crippen molar-refractivity contribution in [2.24, 2.45) is 23.7 Å². The summed E-state index contributed by atoms with van der Waals surface area (Å²) in [7, 11) is -9.90. The molecule has 0 radical (unpaired) electrons. The van der Waals surface area contributed by atoms with E-state index < -0.39 is 97.5 Å². The van der Waals surface area contributed by atoms with Crippen molar-refractivity contribution in [2.45, 2.75) is 363 Å². The van der Waals surface area contributed by atoms with Crippen molar-refractivity contribution in [1.29, 1.82) is 0 Å². The van der Waals surface area contributed by atoms with Gasteiger partial charge in [-0.15, -0.1) is 0 Å². The van der Waals surface area contributed by atoms with Crippen molar-refractivity contribution in [3.63, 3.8) is 0 Å². The summed E-state index contributed by atoms with van der Waals surface area (Å²) < 4.78 is 68.2. The van der Waals surface area contributed by atoms with Crippen LogP contribution in [-0.2, 0) is 65.4 Å². The molecule has 0 amide bonds. The molecule has 2 unspecified atom stereocenters. The standard InChI is InChI=1S/C70H136O17P2/c1-60(2)46-38-30-22-17-13-11-9-10-12-14-19-25-34-42-50-67(72)80-56-65(87-70(75)53-45-37-27-21-24-32-40-48-62(5)6)58-84-88(76,77)82-54-64(71)55-83-89(78,79)85-59-66(57-81-68(73)51-43-35-29-28-33-41-49-63(7)8)86-69(74)52-44-36-26-20-16-15-18-23-31-39-47-61(3)4/h60-66,71H,9-59H2,1-8H3,(H,76,77)(H,78,79)/t64-,65-,66-/m1/s1. The summed E-state index contributed by atoms with van der Waals surface area (Å²) in [5, 5.41) is 10.6. The lowest BCUT2D eigenvalue weighted by atomic mass is 10.0. The molecule has 0 rings (SSSR count). The van der Waals surface area contributed by atoms with Gasteiger partial charge in [0.05, 0.1) is 26.4 Å². The summed E-state index contributed by atoms with van der Waals surface area (Å²) in [6, 6.07) is 0. The van der Waals surface area contributed by atoms with Gasteiger partial charge in [0.15, 0.2) is 12.2 Å². The number of ether oxygens (including phenoxy) is 4. The molecule has 0 aliphatic rings. The maximum absolute atomic E-state index is 13.0. The van der Waals surface area contributed by atoms with Gasteiger partial charge in [-0.25, -0.2) is 9.13 Å². The van der Waals surface area contributed by atoms with Gasteiger partial charge in [-0.05, 0) is 49.4 Å². The quantitative estimate of drug-likeness (QED) is 0.0222. The van der Waals surface area contributed by atoms with E-state index in [9.17, 15) is 43.2 Å². The normalized spacial score (nSPS) is 14.3. The smallest absolute Gasteiger partial charge is 0.462 e. The lowest BCUT2D eigenvalue weighted by molar-refractivity contribution is -0.161. The first-order valence-electron chi connectivity index (χ1n) is 36.2. The Morgan fingerprint density at radius 3 is 0.697 bits per heavy atom. The average molecular weight is 1310 g/mol. The number of hydrogen-bond donors (Lipinski definition) is 3. The SMILES string of the molecule is CC(C)CCCCCCCCCCCCCCCCC(=O)OC[C@H](COP(=O)(O)OC[C@@H](O)COP(=O)(O)OC[C@@H](COC(=O)CCCCCCCCC(C)C)OC(=O)CCCCCCCCCCCCC(C)C)OC(=O)CCCCCCCCCC(C)C. The Morgan fingerprint density at radius 2 is 0.472 bits per heavy atom. The van der Waals surface area contributed by atoms with Crippen LogP contribution in [0, 0.1) is 23.7 Å². The van der Waals surface area contributed by atoms with Gasteiger partial charge in [0.2, 0.25) is 0 Å². The number of phosphoric ester groups is 2. The van der Waals surface area contributed by atoms with Crippen LogP contribution in [-0.4, -0.2) is 96.7 Å². The van der Waals surface area contributed by atoms with E-state index >= 15 is 0 Å². The summed E-state index contributed by atoms with van der Waals surface area (Å²) in [5.74, 6) is 0.793. The van der Waals surface area contributed by atoms with E-state index in [1.807, 2.05) is 0 Å². The minimum atomic E-state index is -4.95. The average Bonchev–Trinajstić information content (AvgIpc) is 3.58. The number of phosphoric acid groups is 2. The predicted molar refractivity (Wildman–Crippen MR) is 358 cm³/mol. The van der Waals surface area contributed by atoms with E-state index in [2.05, 4.69) is 55.4 Å². The summed E-state index contributed by atoms with van der Waals surface area (Å²) in [6.07, 6.45) is 42.0. The lowest BCUT2D eigenvalue weighted by Gasteiger charge is -2.21. The number of aliphatic hydroxyl groups is 1. The Morgan fingerprint density at radius 1 is 0.281 bits per heavy atom. The molecule has 0 heterocycles. The van der Waals surface area contributed by atoms with Crippen LogP contribution in [0.4, 0.5) is 0 Å². The molecule has 0 aromatic rings. The summed E-state index contributed by atoms with van der Waals surface area (Å²) in [4.78, 5) is 72.5. The van der Waals surface area contributed by atoms with Crippen molar-refractivity contribution in [1.82, 2.24) is 0 Å². The zero-order valence-corrected chi connectivity index (χ0v) is 59.8. The monoisotopic (exact) mass is 1310 g/mol. The largest absolute Gasteiger partial charge is 0.472 e. The summed E-state index contributed by atoms with van der Waals surface area (Å²) in [5.41, 5.74) is 0. The number of rotatable bonds is 67. The van der Waals surface area contributed by atoms with Gasteiger partial charge in [0.1, 0.15) is 19.3 Å². The number of aliphatic hydroxyl groups excluding tert-OH is 1. The first-order valence-corrected chi connectivity index (χ1v) is 39.2. The number of hydrogen-bond acceptors (Lipinski definition) is 15. The fourth-order valence-corrected chi connectivity index (χ4v) is 12.1. The van der Waals surface area contributed by atoms with Gasteiger partial charge in [0.25, 0.3) is 0 Å². The zero-order chi connectivity index (χ0) is 66.1. The first-order chi connectivity index (χ1) is 42.6. The van der Waals surface area contributed by atoms with Crippen molar-refractivity contribution >= 4 is 39.5 Å². The van der Waals surface area contributed by atoms with Crippen LogP contribution in [0.15, 0.2) is 0 Å². The molecule has 0 aliphatic carbocycles. The molecule has 0 fully saturated rings. The highest BCUT2D eigenvalue weighted by atomic mass is 31.2. The molecule has 19 heteroatoms. The minimum Gasteiger partial charge on any atom is -0.462 e. The molecule has 0 bridgehead atoms. The number of carbonyl (C=O) groups is 4. The van der Waals surface area contributed by atoms with E-state index in [-0.39, 0.29) is 25.7 Å². The Balaban J connectivity index is 5.20. The van der Waals surface area contributed by atoms with Gasteiger partial charge in [-0.3, -0.25) is 37.3 Å².